The van der Waals surface area contributed by atoms with Gasteiger partial charge in [-0.25, -0.2) is 4.98 Å². The van der Waals surface area contributed by atoms with Crippen molar-refractivity contribution in [3.63, 3.8) is 0 Å². The second kappa shape index (κ2) is 4.72. The number of carbonyl (C=O) groups is 2. The van der Waals surface area contributed by atoms with Crippen molar-refractivity contribution in [3.8, 4) is 0 Å². The van der Waals surface area contributed by atoms with Crippen molar-refractivity contribution in [2.24, 2.45) is 5.41 Å². The molecule has 96 valence electrons. The highest BCUT2D eigenvalue weighted by atomic mass is 16.4. The fourth-order valence-corrected chi connectivity index (χ4v) is 1.92. The zero-order chi connectivity index (χ0) is 13.2. The van der Waals surface area contributed by atoms with Crippen LogP contribution in [0.2, 0.25) is 0 Å². The first kappa shape index (κ1) is 12.5. The maximum atomic E-state index is 11.8. The first-order valence-electron chi connectivity index (χ1n) is 5.84. The van der Waals surface area contributed by atoms with Gasteiger partial charge in [-0.2, -0.15) is 0 Å². The molecule has 1 aromatic rings. The van der Waals surface area contributed by atoms with Gasteiger partial charge in [-0.15, -0.1) is 0 Å². The zero-order valence-electron chi connectivity index (χ0n) is 10.1. The Kier molecular flexibility index (Phi) is 3.27. The van der Waals surface area contributed by atoms with E-state index in [1.807, 2.05) is 0 Å². The number of aliphatic carboxylic acids is 1. The summed E-state index contributed by atoms with van der Waals surface area (Å²) in [7, 11) is 0. The van der Waals surface area contributed by atoms with E-state index in [1.54, 1.807) is 6.92 Å². The predicted molar refractivity (Wildman–Crippen MR) is 63.0 cm³/mol. The molecule has 1 amide bonds. The van der Waals surface area contributed by atoms with Crippen LogP contribution in [0.4, 0.5) is 0 Å². The van der Waals surface area contributed by atoms with Crippen LogP contribution in [-0.4, -0.2) is 33.5 Å². The molecule has 1 aliphatic rings. The maximum Gasteiger partial charge on any atom is 0.311 e. The van der Waals surface area contributed by atoms with Gasteiger partial charge in [-0.1, -0.05) is 6.42 Å². The Bertz CT molecular complexity index is 466. The second-order valence-electron chi connectivity index (χ2n) is 4.66. The van der Waals surface area contributed by atoms with E-state index >= 15 is 0 Å². The normalized spacial score (nSPS) is 16.7. The Morgan fingerprint density at radius 3 is 2.56 bits per heavy atom. The van der Waals surface area contributed by atoms with E-state index in [1.165, 1.54) is 12.4 Å². The molecule has 0 aromatic carbocycles. The molecule has 1 fully saturated rings. The van der Waals surface area contributed by atoms with Crippen molar-refractivity contribution in [1.82, 2.24) is 15.3 Å². The highest BCUT2D eigenvalue weighted by Gasteiger charge is 2.44. The van der Waals surface area contributed by atoms with E-state index in [-0.39, 0.29) is 18.1 Å². The zero-order valence-corrected chi connectivity index (χ0v) is 10.1. The van der Waals surface area contributed by atoms with Crippen LogP contribution in [-0.2, 0) is 4.79 Å². The lowest BCUT2D eigenvalue weighted by atomic mass is 9.69. The molecule has 0 unspecified atom stereocenters. The van der Waals surface area contributed by atoms with Gasteiger partial charge < -0.3 is 10.4 Å². The number of hydrogen-bond acceptors (Lipinski definition) is 4. The smallest absolute Gasteiger partial charge is 0.311 e. The molecule has 0 spiro atoms. The number of nitrogens with one attached hydrogen (secondary N) is 1. The molecule has 2 rings (SSSR count). The lowest BCUT2D eigenvalue weighted by Crippen LogP contribution is -2.47. The van der Waals surface area contributed by atoms with Crippen LogP contribution in [0.5, 0.6) is 0 Å². The molecule has 1 aliphatic carbocycles. The van der Waals surface area contributed by atoms with Gasteiger partial charge in [-0.3, -0.25) is 14.6 Å². The van der Waals surface area contributed by atoms with E-state index in [0.717, 1.165) is 12.1 Å². The molecule has 1 saturated carbocycles. The van der Waals surface area contributed by atoms with Crippen LogP contribution in [0.25, 0.3) is 0 Å². The molecule has 0 bridgehead atoms. The molecule has 0 radical (unpaired) electrons. The van der Waals surface area contributed by atoms with Gasteiger partial charge in [0, 0.05) is 12.7 Å². The van der Waals surface area contributed by atoms with Crippen molar-refractivity contribution in [2.75, 3.05) is 6.54 Å². The molecule has 0 saturated heterocycles. The summed E-state index contributed by atoms with van der Waals surface area (Å²) < 4.78 is 0. The summed E-state index contributed by atoms with van der Waals surface area (Å²) in [5, 5.41) is 11.7. The van der Waals surface area contributed by atoms with Crippen LogP contribution >= 0.6 is 0 Å². The highest BCUT2D eigenvalue weighted by molar-refractivity contribution is 5.92. The quantitative estimate of drug-likeness (QED) is 0.822. The molecule has 0 atom stereocenters. The first-order valence-corrected chi connectivity index (χ1v) is 5.84. The van der Waals surface area contributed by atoms with Crippen LogP contribution < -0.4 is 5.32 Å². The summed E-state index contributed by atoms with van der Waals surface area (Å²) in [4.78, 5) is 30.8. The van der Waals surface area contributed by atoms with Crippen molar-refractivity contribution < 1.29 is 14.7 Å². The van der Waals surface area contributed by atoms with Gasteiger partial charge in [0.1, 0.15) is 5.69 Å². The largest absolute Gasteiger partial charge is 0.481 e. The summed E-state index contributed by atoms with van der Waals surface area (Å²) in [5.74, 6) is -1.22. The fourth-order valence-electron chi connectivity index (χ4n) is 1.92. The average molecular weight is 249 g/mol. The lowest BCUT2D eigenvalue weighted by Gasteiger charge is -2.37. The van der Waals surface area contributed by atoms with Crippen molar-refractivity contribution in [2.45, 2.75) is 26.2 Å². The molecule has 1 heterocycles. The molecular weight excluding hydrogens is 234 g/mol. The summed E-state index contributed by atoms with van der Waals surface area (Å²) in [6.45, 7) is 1.93. The van der Waals surface area contributed by atoms with Gasteiger partial charge in [-0.05, 0) is 19.8 Å². The minimum Gasteiger partial charge on any atom is -0.481 e. The number of rotatable bonds is 4. The number of carboxylic acid groups (broad SMARTS) is 1. The molecule has 6 heteroatoms. The average Bonchev–Trinajstić information content (AvgIpc) is 2.27. The number of amides is 1. The summed E-state index contributed by atoms with van der Waals surface area (Å²) >= 11 is 0. The molecule has 18 heavy (non-hydrogen) atoms. The Hall–Kier alpha value is -1.98. The molecule has 1 aromatic heterocycles. The predicted octanol–water partition coefficient (Wildman–Crippen LogP) is 0.770. The number of aryl methyl sites for hydroxylation is 1. The molecule has 2 N–H and O–H groups in total. The van der Waals surface area contributed by atoms with Gasteiger partial charge >= 0.3 is 5.97 Å². The van der Waals surface area contributed by atoms with E-state index in [2.05, 4.69) is 15.3 Å². The monoisotopic (exact) mass is 249 g/mol. The summed E-state index contributed by atoms with van der Waals surface area (Å²) in [6, 6.07) is 0. The van der Waals surface area contributed by atoms with Crippen molar-refractivity contribution in [1.29, 1.82) is 0 Å². The Morgan fingerprint density at radius 2 is 2.11 bits per heavy atom. The third kappa shape index (κ3) is 2.32. The third-order valence-corrected chi connectivity index (χ3v) is 3.37. The SMILES string of the molecule is Cc1cnc(C(=O)NCC2(C(=O)O)CCC2)cn1. The minimum absolute atomic E-state index is 0.150. The number of carbonyl (C=O) groups excluding carboxylic acids is 1. The van der Waals surface area contributed by atoms with E-state index in [4.69, 9.17) is 5.11 Å². The first-order chi connectivity index (χ1) is 8.53. The number of carboxylic acids is 1. The van der Waals surface area contributed by atoms with Gasteiger partial charge in [0.2, 0.25) is 0 Å². The Labute approximate surface area is 104 Å². The third-order valence-electron chi connectivity index (χ3n) is 3.37. The second-order valence-corrected chi connectivity index (χ2v) is 4.66. The van der Waals surface area contributed by atoms with Crippen LogP contribution in [0.3, 0.4) is 0 Å². The Balaban J connectivity index is 1.96. The highest BCUT2D eigenvalue weighted by Crippen LogP contribution is 2.40. The molecule has 0 aliphatic heterocycles. The summed E-state index contributed by atoms with van der Waals surface area (Å²) in [5.41, 5.74) is 0.154. The van der Waals surface area contributed by atoms with E-state index in [0.29, 0.717) is 12.8 Å². The van der Waals surface area contributed by atoms with Crippen LogP contribution in [0, 0.1) is 12.3 Å². The summed E-state index contributed by atoms with van der Waals surface area (Å²) in [6.07, 6.45) is 5.01. The minimum atomic E-state index is -0.843. The van der Waals surface area contributed by atoms with Crippen molar-refractivity contribution in [3.05, 3.63) is 23.8 Å². The number of nitrogens with zero attached hydrogens (tertiary/aromatic N) is 2. The molecule has 6 nitrogen and oxygen atoms in total. The van der Waals surface area contributed by atoms with E-state index in [9.17, 15) is 9.59 Å². The topological polar surface area (TPSA) is 92.2 Å². The fraction of sp³-hybridized carbons (Fsp3) is 0.500. The van der Waals surface area contributed by atoms with Gasteiger partial charge in [0.25, 0.3) is 5.91 Å². The Morgan fingerprint density at radius 1 is 1.39 bits per heavy atom. The molecular formula is C12H15N3O3. The number of aromatic nitrogens is 2. The van der Waals surface area contributed by atoms with Gasteiger partial charge in [0.15, 0.2) is 0 Å². The van der Waals surface area contributed by atoms with Crippen molar-refractivity contribution >= 4 is 11.9 Å². The van der Waals surface area contributed by atoms with Crippen LogP contribution in [0.15, 0.2) is 12.4 Å². The van der Waals surface area contributed by atoms with E-state index < -0.39 is 11.4 Å². The van der Waals surface area contributed by atoms with Crippen LogP contribution in [0.1, 0.15) is 35.4 Å². The standard InChI is InChI=1S/C12H15N3O3/c1-8-5-14-9(6-13-8)10(16)15-7-12(11(17)18)3-2-4-12/h5-6H,2-4,7H2,1H3,(H,15,16)(H,17,18). The number of hydrogen-bond donors (Lipinski definition) is 2. The van der Waals surface area contributed by atoms with Gasteiger partial charge in [0.05, 0.1) is 17.3 Å². The lowest BCUT2D eigenvalue weighted by molar-refractivity contribution is -0.153. The maximum absolute atomic E-state index is 11.8.